The summed E-state index contributed by atoms with van der Waals surface area (Å²) >= 11 is 0. The summed E-state index contributed by atoms with van der Waals surface area (Å²) in [5.74, 6) is 0.957. The molecule has 0 aliphatic carbocycles. The summed E-state index contributed by atoms with van der Waals surface area (Å²) in [5.41, 5.74) is 3.04. The fourth-order valence-corrected chi connectivity index (χ4v) is 4.50. The van der Waals surface area contributed by atoms with Gasteiger partial charge in [-0.2, -0.15) is 0 Å². The van der Waals surface area contributed by atoms with E-state index in [4.69, 9.17) is 9.97 Å². The molecule has 8 heteroatoms. The van der Waals surface area contributed by atoms with Gasteiger partial charge in [0, 0.05) is 37.7 Å². The average molecular weight is 436 g/mol. The normalized spacial score (nSPS) is 17.9. The lowest BCUT2D eigenvalue weighted by atomic mass is 10.0. The molecule has 1 N–H and O–H groups in total. The van der Waals surface area contributed by atoms with Gasteiger partial charge in [-0.25, -0.2) is 9.97 Å². The summed E-state index contributed by atoms with van der Waals surface area (Å²) in [6, 6.07) is 9.85. The molecule has 0 saturated carbocycles. The lowest BCUT2D eigenvalue weighted by Gasteiger charge is -2.31. The molecule has 0 spiro atoms. The molecule has 0 radical (unpaired) electrons. The molecule has 1 fully saturated rings. The van der Waals surface area contributed by atoms with Crippen LogP contribution in [0.2, 0.25) is 0 Å². The summed E-state index contributed by atoms with van der Waals surface area (Å²) < 4.78 is 0. The smallest absolute Gasteiger partial charge is 0.242 e. The molecule has 1 aromatic carbocycles. The largest absolute Gasteiger partial charge is 0.347 e. The highest BCUT2D eigenvalue weighted by Crippen LogP contribution is 2.34. The monoisotopic (exact) mass is 435 g/mol. The van der Waals surface area contributed by atoms with Crippen LogP contribution in [0, 0.1) is 6.92 Å². The van der Waals surface area contributed by atoms with Gasteiger partial charge in [-0.1, -0.05) is 30.3 Å². The maximum atomic E-state index is 12.8. The Hall–Kier alpha value is -3.29. The zero-order chi connectivity index (χ0) is 22.7. The lowest BCUT2D eigenvalue weighted by molar-refractivity contribution is -0.133. The molecule has 3 amide bonds. The fraction of sp³-hybridized carbons (Fsp3) is 0.458. The van der Waals surface area contributed by atoms with E-state index < -0.39 is 0 Å². The predicted molar refractivity (Wildman–Crippen MR) is 120 cm³/mol. The molecule has 2 aliphatic rings. The van der Waals surface area contributed by atoms with Crippen LogP contribution in [0.5, 0.6) is 0 Å². The van der Waals surface area contributed by atoms with Crippen LogP contribution in [0.4, 0.5) is 5.82 Å². The van der Waals surface area contributed by atoms with Crippen molar-refractivity contribution in [2.45, 2.75) is 52.0 Å². The van der Waals surface area contributed by atoms with E-state index in [1.54, 1.807) is 9.80 Å². The van der Waals surface area contributed by atoms with E-state index in [0.717, 1.165) is 30.5 Å². The van der Waals surface area contributed by atoms with E-state index in [-0.39, 0.29) is 30.3 Å². The number of nitrogens with zero attached hydrogens (tertiary/aromatic N) is 4. The third-order valence-corrected chi connectivity index (χ3v) is 6.18. The Bertz CT molecular complexity index is 1020. The summed E-state index contributed by atoms with van der Waals surface area (Å²) in [5, 5.41) is 2.58. The maximum Gasteiger partial charge on any atom is 0.242 e. The van der Waals surface area contributed by atoms with E-state index in [1.807, 2.05) is 25.1 Å². The Balaban J connectivity index is 1.59. The van der Waals surface area contributed by atoms with Crippen LogP contribution in [-0.4, -0.2) is 52.2 Å². The lowest BCUT2D eigenvalue weighted by Crippen LogP contribution is -2.41. The SMILES string of the molecule is CC(=O)NCC(=O)N1CCC[C@H]1c1nc(C)c2c(n1)N(CCc1ccccc1)C(=O)CC2. The Morgan fingerprint density at radius 2 is 1.94 bits per heavy atom. The second kappa shape index (κ2) is 9.46. The number of hydrogen-bond donors (Lipinski definition) is 1. The molecule has 168 valence electrons. The number of aryl methyl sites for hydroxylation is 1. The molecule has 1 atom stereocenters. The van der Waals surface area contributed by atoms with Gasteiger partial charge in [-0.05, 0) is 38.2 Å². The van der Waals surface area contributed by atoms with Gasteiger partial charge >= 0.3 is 0 Å². The number of fused-ring (bicyclic) bond motifs is 1. The van der Waals surface area contributed by atoms with Gasteiger partial charge in [-0.15, -0.1) is 0 Å². The van der Waals surface area contributed by atoms with Crippen LogP contribution < -0.4 is 10.2 Å². The highest BCUT2D eigenvalue weighted by molar-refractivity contribution is 5.95. The molecule has 2 aromatic rings. The van der Waals surface area contributed by atoms with Crippen molar-refractivity contribution in [1.29, 1.82) is 0 Å². The minimum absolute atomic E-state index is 0.0303. The van der Waals surface area contributed by atoms with E-state index >= 15 is 0 Å². The first kappa shape index (κ1) is 21.9. The van der Waals surface area contributed by atoms with Crippen molar-refractivity contribution in [2.75, 3.05) is 24.5 Å². The summed E-state index contributed by atoms with van der Waals surface area (Å²) in [7, 11) is 0. The van der Waals surface area contributed by atoms with Gasteiger partial charge in [0.2, 0.25) is 17.7 Å². The number of hydrogen-bond acceptors (Lipinski definition) is 5. The number of nitrogens with one attached hydrogen (secondary N) is 1. The summed E-state index contributed by atoms with van der Waals surface area (Å²) in [6.45, 7) is 4.48. The Morgan fingerprint density at radius 1 is 1.16 bits per heavy atom. The van der Waals surface area contributed by atoms with Crippen LogP contribution in [0.1, 0.15) is 54.9 Å². The van der Waals surface area contributed by atoms with Gasteiger partial charge in [0.25, 0.3) is 0 Å². The molecule has 0 bridgehead atoms. The second-order valence-corrected chi connectivity index (χ2v) is 8.41. The molecule has 0 unspecified atom stereocenters. The first-order chi connectivity index (χ1) is 15.4. The van der Waals surface area contributed by atoms with E-state index in [9.17, 15) is 14.4 Å². The first-order valence-electron chi connectivity index (χ1n) is 11.2. The molecule has 2 aliphatic heterocycles. The highest BCUT2D eigenvalue weighted by atomic mass is 16.2. The number of benzene rings is 1. The molecule has 3 heterocycles. The standard InChI is InChI=1S/C24H29N5O3/c1-16-19-10-11-21(31)29(14-12-18-7-4-3-5-8-18)24(19)27-23(26-16)20-9-6-13-28(20)22(32)15-25-17(2)30/h3-5,7-8,20H,6,9-15H2,1-2H3,(H,25,30)/t20-/m0/s1. The van der Waals surface area contributed by atoms with Crippen molar-refractivity contribution in [3.63, 3.8) is 0 Å². The fourth-order valence-electron chi connectivity index (χ4n) is 4.50. The summed E-state index contributed by atoms with van der Waals surface area (Å²) in [6.07, 6.45) is 3.46. The number of carbonyl (C=O) groups is 3. The van der Waals surface area contributed by atoms with E-state index in [1.165, 1.54) is 12.5 Å². The van der Waals surface area contributed by atoms with Crippen molar-refractivity contribution in [2.24, 2.45) is 0 Å². The number of likely N-dealkylation sites (tertiary alicyclic amines) is 1. The molecular weight excluding hydrogens is 406 g/mol. The number of amides is 3. The second-order valence-electron chi connectivity index (χ2n) is 8.41. The topological polar surface area (TPSA) is 95.5 Å². The molecule has 1 saturated heterocycles. The van der Waals surface area contributed by atoms with Gasteiger partial charge in [0.15, 0.2) is 5.82 Å². The van der Waals surface area contributed by atoms with E-state index in [2.05, 4.69) is 17.4 Å². The van der Waals surface area contributed by atoms with Gasteiger partial charge in [-0.3, -0.25) is 19.3 Å². The minimum atomic E-state index is -0.242. The number of aromatic nitrogens is 2. The zero-order valence-corrected chi connectivity index (χ0v) is 18.6. The van der Waals surface area contributed by atoms with Gasteiger partial charge in [0.05, 0.1) is 12.6 Å². The highest BCUT2D eigenvalue weighted by Gasteiger charge is 2.34. The quantitative estimate of drug-likeness (QED) is 0.750. The molecule has 32 heavy (non-hydrogen) atoms. The van der Waals surface area contributed by atoms with Crippen LogP contribution >= 0.6 is 0 Å². The average Bonchev–Trinajstić information content (AvgIpc) is 3.27. The summed E-state index contributed by atoms with van der Waals surface area (Å²) in [4.78, 5) is 49.8. The van der Waals surface area contributed by atoms with Crippen LogP contribution in [0.15, 0.2) is 30.3 Å². The van der Waals surface area contributed by atoms with Gasteiger partial charge in [0.1, 0.15) is 5.82 Å². The maximum absolute atomic E-state index is 12.8. The van der Waals surface area contributed by atoms with Crippen molar-refractivity contribution in [1.82, 2.24) is 20.2 Å². The zero-order valence-electron chi connectivity index (χ0n) is 18.6. The van der Waals surface area contributed by atoms with E-state index in [0.29, 0.717) is 37.6 Å². The van der Waals surface area contributed by atoms with Crippen molar-refractivity contribution < 1.29 is 14.4 Å². The predicted octanol–water partition coefficient (Wildman–Crippen LogP) is 2.11. The molecular formula is C24H29N5O3. The third-order valence-electron chi connectivity index (χ3n) is 6.18. The van der Waals surface area contributed by atoms with Crippen molar-refractivity contribution in [3.05, 3.63) is 53.0 Å². The Morgan fingerprint density at radius 3 is 2.69 bits per heavy atom. The molecule has 4 rings (SSSR count). The number of anilines is 1. The molecule has 1 aromatic heterocycles. The number of carbonyl (C=O) groups excluding carboxylic acids is 3. The Labute approximate surface area is 188 Å². The minimum Gasteiger partial charge on any atom is -0.347 e. The molecule has 8 nitrogen and oxygen atoms in total. The first-order valence-corrected chi connectivity index (χ1v) is 11.2. The third kappa shape index (κ3) is 4.64. The number of rotatable bonds is 6. The van der Waals surface area contributed by atoms with Crippen LogP contribution in [0.25, 0.3) is 0 Å². The van der Waals surface area contributed by atoms with Crippen molar-refractivity contribution >= 4 is 23.5 Å². The Kier molecular flexibility index (Phi) is 6.48. The van der Waals surface area contributed by atoms with Crippen LogP contribution in [0.3, 0.4) is 0 Å². The van der Waals surface area contributed by atoms with Crippen LogP contribution in [-0.2, 0) is 27.2 Å². The van der Waals surface area contributed by atoms with Crippen molar-refractivity contribution in [3.8, 4) is 0 Å². The van der Waals surface area contributed by atoms with Gasteiger partial charge < -0.3 is 10.2 Å².